The Labute approximate surface area is 113 Å². The maximum atomic E-state index is 11.9. The fourth-order valence-corrected chi connectivity index (χ4v) is 3.43. The Kier molecular flexibility index (Phi) is 3.99. The molecule has 18 heavy (non-hydrogen) atoms. The van der Waals surface area contributed by atoms with Crippen LogP contribution in [0.25, 0.3) is 0 Å². The summed E-state index contributed by atoms with van der Waals surface area (Å²) in [6, 6.07) is 7.15. The molecule has 0 atom stereocenters. The van der Waals surface area contributed by atoms with Crippen LogP contribution in [-0.4, -0.2) is 19.4 Å². The predicted octanol–water partition coefficient (Wildman–Crippen LogP) is 1.29. The molecule has 2 rings (SSSR count). The standard InChI is InChI=1S/C12H16N2O2S2/c13-12(17)10-4-1-3-9(7-10)8-18(15,16)14-11-5-2-6-11/h1,3-4,7,11,14H,2,5-6,8H2,(H2,13,17). The first-order chi connectivity index (χ1) is 8.46. The summed E-state index contributed by atoms with van der Waals surface area (Å²) in [4.78, 5) is 0.279. The lowest BCUT2D eigenvalue weighted by Crippen LogP contribution is -2.40. The molecule has 0 spiro atoms. The molecule has 3 N–H and O–H groups in total. The molecule has 4 nitrogen and oxygen atoms in total. The lowest BCUT2D eigenvalue weighted by molar-refractivity contribution is 0.383. The van der Waals surface area contributed by atoms with Crippen LogP contribution in [0.15, 0.2) is 24.3 Å². The van der Waals surface area contributed by atoms with Crippen molar-refractivity contribution < 1.29 is 8.42 Å². The maximum Gasteiger partial charge on any atom is 0.216 e. The number of nitrogens with one attached hydrogen (secondary N) is 1. The van der Waals surface area contributed by atoms with Crippen LogP contribution in [0.1, 0.15) is 30.4 Å². The zero-order valence-corrected chi connectivity index (χ0v) is 11.6. The maximum absolute atomic E-state index is 11.9. The minimum atomic E-state index is -3.27. The van der Waals surface area contributed by atoms with Crippen molar-refractivity contribution >= 4 is 27.2 Å². The summed E-state index contributed by atoms with van der Waals surface area (Å²) in [5.74, 6) is -0.0278. The molecule has 1 aliphatic rings. The zero-order valence-electron chi connectivity index (χ0n) is 9.93. The third-order valence-corrected chi connectivity index (χ3v) is 4.66. The molecular formula is C12H16N2O2S2. The topological polar surface area (TPSA) is 72.2 Å². The van der Waals surface area contributed by atoms with E-state index >= 15 is 0 Å². The van der Waals surface area contributed by atoms with Crippen LogP contribution < -0.4 is 10.5 Å². The minimum Gasteiger partial charge on any atom is -0.389 e. The fourth-order valence-electron chi connectivity index (χ4n) is 1.86. The van der Waals surface area contributed by atoms with Crippen LogP contribution in [0.5, 0.6) is 0 Å². The van der Waals surface area contributed by atoms with Crippen LogP contribution in [-0.2, 0) is 15.8 Å². The van der Waals surface area contributed by atoms with Gasteiger partial charge in [-0.05, 0) is 24.5 Å². The Morgan fingerprint density at radius 1 is 1.44 bits per heavy atom. The molecule has 0 radical (unpaired) electrons. The van der Waals surface area contributed by atoms with Gasteiger partial charge in [-0.2, -0.15) is 0 Å². The zero-order chi connectivity index (χ0) is 13.2. The molecule has 1 aromatic carbocycles. The third kappa shape index (κ3) is 3.51. The van der Waals surface area contributed by atoms with Gasteiger partial charge in [-0.25, -0.2) is 13.1 Å². The highest BCUT2D eigenvalue weighted by Crippen LogP contribution is 2.20. The quantitative estimate of drug-likeness (QED) is 0.799. The molecular weight excluding hydrogens is 268 g/mol. The van der Waals surface area contributed by atoms with Crippen molar-refractivity contribution in [1.82, 2.24) is 4.72 Å². The van der Waals surface area contributed by atoms with Gasteiger partial charge in [0.15, 0.2) is 0 Å². The van der Waals surface area contributed by atoms with Crippen molar-refractivity contribution in [1.29, 1.82) is 0 Å². The van der Waals surface area contributed by atoms with E-state index in [0.717, 1.165) is 19.3 Å². The Balaban J connectivity index is 2.07. The molecule has 0 saturated heterocycles. The van der Waals surface area contributed by atoms with Gasteiger partial charge in [0.25, 0.3) is 0 Å². The number of thiocarbonyl (C=S) groups is 1. The van der Waals surface area contributed by atoms with E-state index in [4.69, 9.17) is 18.0 Å². The van der Waals surface area contributed by atoms with E-state index in [1.165, 1.54) is 0 Å². The van der Waals surface area contributed by atoms with E-state index in [2.05, 4.69) is 4.72 Å². The van der Waals surface area contributed by atoms with Gasteiger partial charge in [0.1, 0.15) is 4.99 Å². The first kappa shape index (κ1) is 13.5. The van der Waals surface area contributed by atoms with E-state index in [1.807, 2.05) is 0 Å². The van der Waals surface area contributed by atoms with E-state index < -0.39 is 10.0 Å². The Morgan fingerprint density at radius 3 is 2.72 bits per heavy atom. The Morgan fingerprint density at radius 2 is 2.17 bits per heavy atom. The highest BCUT2D eigenvalue weighted by Gasteiger charge is 2.23. The summed E-state index contributed by atoms with van der Waals surface area (Å²) in [6.45, 7) is 0. The molecule has 0 amide bonds. The molecule has 0 bridgehead atoms. The van der Waals surface area contributed by atoms with Gasteiger partial charge >= 0.3 is 0 Å². The SMILES string of the molecule is NC(=S)c1cccc(CS(=O)(=O)NC2CCC2)c1. The normalized spacial score (nSPS) is 16.2. The largest absolute Gasteiger partial charge is 0.389 e. The second-order valence-electron chi connectivity index (χ2n) is 4.57. The third-order valence-electron chi connectivity index (χ3n) is 3.02. The minimum absolute atomic E-state index is 0.0278. The van der Waals surface area contributed by atoms with E-state index in [9.17, 15) is 8.42 Å². The van der Waals surface area contributed by atoms with Crippen LogP contribution in [0.4, 0.5) is 0 Å². The number of rotatable bonds is 5. The van der Waals surface area contributed by atoms with Crippen molar-refractivity contribution in [2.24, 2.45) is 5.73 Å². The summed E-state index contributed by atoms with van der Waals surface area (Å²) in [5.41, 5.74) is 6.92. The first-order valence-electron chi connectivity index (χ1n) is 5.85. The molecule has 0 unspecified atom stereocenters. The second kappa shape index (κ2) is 5.34. The van der Waals surface area contributed by atoms with E-state index in [-0.39, 0.29) is 16.8 Å². The number of hydrogen-bond acceptors (Lipinski definition) is 3. The van der Waals surface area contributed by atoms with Crippen molar-refractivity contribution in [3.63, 3.8) is 0 Å². The molecule has 1 aliphatic carbocycles. The molecule has 0 aliphatic heterocycles. The number of hydrogen-bond donors (Lipinski definition) is 2. The fraction of sp³-hybridized carbons (Fsp3) is 0.417. The van der Waals surface area contributed by atoms with E-state index in [1.54, 1.807) is 24.3 Å². The monoisotopic (exact) mass is 284 g/mol. The van der Waals surface area contributed by atoms with Crippen LogP contribution >= 0.6 is 12.2 Å². The lowest BCUT2D eigenvalue weighted by Gasteiger charge is -2.26. The highest BCUT2D eigenvalue weighted by molar-refractivity contribution is 7.88. The highest BCUT2D eigenvalue weighted by atomic mass is 32.2. The molecule has 6 heteroatoms. The van der Waals surface area contributed by atoms with Gasteiger partial charge in [-0.3, -0.25) is 0 Å². The van der Waals surface area contributed by atoms with Gasteiger partial charge < -0.3 is 5.73 Å². The first-order valence-corrected chi connectivity index (χ1v) is 7.91. The van der Waals surface area contributed by atoms with Crippen LogP contribution in [0, 0.1) is 0 Å². The Bertz CT molecular complexity index is 551. The molecule has 98 valence electrons. The van der Waals surface area contributed by atoms with Gasteiger partial charge in [-0.1, -0.05) is 36.8 Å². The van der Waals surface area contributed by atoms with Crippen LogP contribution in [0.3, 0.4) is 0 Å². The summed E-state index contributed by atoms with van der Waals surface area (Å²) in [7, 11) is -3.27. The lowest BCUT2D eigenvalue weighted by atomic mass is 9.94. The summed E-state index contributed by atoms with van der Waals surface area (Å²) in [6.07, 6.45) is 2.97. The summed E-state index contributed by atoms with van der Waals surface area (Å²) in [5, 5.41) is 0. The summed E-state index contributed by atoms with van der Waals surface area (Å²) < 4.78 is 26.5. The van der Waals surface area contributed by atoms with Crippen molar-refractivity contribution in [3.8, 4) is 0 Å². The number of sulfonamides is 1. The molecule has 0 aromatic heterocycles. The molecule has 1 aromatic rings. The Hall–Kier alpha value is -0.980. The predicted molar refractivity (Wildman–Crippen MR) is 75.7 cm³/mol. The molecule has 1 saturated carbocycles. The molecule has 1 fully saturated rings. The molecule has 0 heterocycles. The average molecular weight is 284 g/mol. The van der Waals surface area contributed by atoms with E-state index in [0.29, 0.717) is 11.1 Å². The van der Waals surface area contributed by atoms with Crippen molar-refractivity contribution in [2.45, 2.75) is 31.1 Å². The van der Waals surface area contributed by atoms with Crippen molar-refractivity contribution in [2.75, 3.05) is 0 Å². The van der Waals surface area contributed by atoms with Crippen molar-refractivity contribution in [3.05, 3.63) is 35.4 Å². The van der Waals surface area contributed by atoms with Gasteiger partial charge in [0, 0.05) is 11.6 Å². The second-order valence-corrected chi connectivity index (χ2v) is 6.76. The van der Waals surface area contributed by atoms with Gasteiger partial charge in [-0.15, -0.1) is 0 Å². The van der Waals surface area contributed by atoms with Gasteiger partial charge in [0.2, 0.25) is 10.0 Å². The van der Waals surface area contributed by atoms with Gasteiger partial charge in [0.05, 0.1) is 5.75 Å². The van der Waals surface area contributed by atoms with Crippen LogP contribution in [0.2, 0.25) is 0 Å². The average Bonchev–Trinajstić information content (AvgIpc) is 2.23. The summed E-state index contributed by atoms with van der Waals surface area (Å²) >= 11 is 4.87. The number of benzene rings is 1. The number of nitrogens with two attached hydrogens (primary N) is 1. The smallest absolute Gasteiger partial charge is 0.216 e.